The largest absolute Gasteiger partial charge is 0.381 e. The van der Waals surface area contributed by atoms with E-state index in [0.29, 0.717) is 30.2 Å². The highest BCUT2D eigenvalue weighted by atomic mass is 16.5. The maximum Gasteiger partial charge on any atom is 0.170 e. The summed E-state index contributed by atoms with van der Waals surface area (Å²) < 4.78 is 13.3. The molecule has 23 heavy (non-hydrogen) atoms. The van der Waals surface area contributed by atoms with E-state index in [2.05, 4.69) is 18.9 Å². The van der Waals surface area contributed by atoms with E-state index in [9.17, 15) is 4.79 Å². The second kappa shape index (κ2) is 7.14. The van der Waals surface area contributed by atoms with Crippen molar-refractivity contribution in [1.29, 1.82) is 0 Å². The van der Waals surface area contributed by atoms with Crippen molar-refractivity contribution in [2.45, 2.75) is 65.0 Å². The first-order chi connectivity index (χ1) is 11.2. The molecule has 1 aromatic rings. The summed E-state index contributed by atoms with van der Waals surface area (Å²) >= 11 is 0. The Hall–Kier alpha value is -1.20. The van der Waals surface area contributed by atoms with E-state index in [1.807, 2.05) is 4.68 Å². The number of carbonyl (C=O) groups excluding carboxylic acids is 1. The van der Waals surface area contributed by atoms with Crippen molar-refractivity contribution in [1.82, 2.24) is 9.78 Å². The average Bonchev–Trinajstić information content (AvgIpc) is 2.99. The fraction of sp³-hybridized carbons (Fsp3) is 0.778. The zero-order valence-corrected chi connectivity index (χ0v) is 14.3. The van der Waals surface area contributed by atoms with Crippen LogP contribution in [0.5, 0.6) is 0 Å². The molecule has 1 saturated carbocycles. The summed E-state index contributed by atoms with van der Waals surface area (Å²) in [4.78, 5) is 11.5. The molecule has 5 nitrogen and oxygen atoms in total. The van der Waals surface area contributed by atoms with Crippen LogP contribution in [0, 0.1) is 5.41 Å². The van der Waals surface area contributed by atoms with Gasteiger partial charge in [-0.3, -0.25) is 9.48 Å². The van der Waals surface area contributed by atoms with Crippen molar-refractivity contribution in [2.75, 3.05) is 19.8 Å². The van der Waals surface area contributed by atoms with Gasteiger partial charge in [-0.25, -0.2) is 0 Å². The molecule has 1 aromatic heterocycles. The standard InChI is InChI=1S/C18H28N2O3/c1-3-18(13-22-4-2)7-5-14(6-8-18)17-15(11-21)19-20-9-10-23-12-16(17)20/h11,14H,3-10,12-13H2,1-2H3. The monoisotopic (exact) mass is 320 g/mol. The van der Waals surface area contributed by atoms with E-state index < -0.39 is 0 Å². The quantitative estimate of drug-likeness (QED) is 0.755. The maximum atomic E-state index is 11.5. The smallest absolute Gasteiger partial charge is 0.170 e. The number of ether oxygens (including phenoxy) is 2. The molecule has 0 aromatic carbocycles. The van der Waals surface area contributed by atoms with Crippen LogP contribution < -0.4 is 0 Å². The number of rotatable bonds is 6. The third kappa shape index (κ3) is 3.22. The molecular weight excluding hydrogens is 292 g/mol. The van der Waals surface area contributed by atoms with Gasteiger partial charge in [0.05, 0.1) is 32.1 Å². The SMILES string of the molecule is CCOCC1(CC)CCC(c2c(C=O)nn3c2COCC3)CC1. The van der Waals surface area contributed by atoms with E-state index in [1.54, 1.807) is 0 Å². The second-order valence-corrected chi connectivity index (χ2v) is 6.90. The molecule has 2 aliphatic rings. The topological polar surface area (TPSA) is 53.3 Å². The van der Waals surface area contributed by atoms with E-state index in [-0.39, 0.29) is 0 Å². The molecule has 5 heteroatoms. The molecule has 1 aliphatic carbocycles. The molecule has 0 N–H and O–H groups in total. The molecule has 128 valence electrons. The van der Waals surface area contributed by atoms with Gasteiger partial charge in [0.2, 0.25) is 0 Å². The van der Waals surface area contributed by atoms with Crippen LogP contribution in [0.1, 0.15) is 73.6 Å². The summed E-state index contributed by atoms with van der Waals surface area (Å²) in [7, 11) is 0. The summed E-state index contributed by atoms with van der Waals surface area (Å²) in [6.45, 7) is 8.01. The Bertz CT molecular complexity index is 545. The van der Waals surface area contributed by atoms with Crippen molar-refractivity contribution < 1.29 is 14.3 Å². The molecule has 0 radical (unpaired) electrons. The minimum atomic E-state index is 0.317. The van der Waals surface area contributed by atoms with Gasteiger partial charge in [-0.2, -0.15) is 5.10 Å². The fourth-order valence-electron chi connectivity index (χ4n) is 4.16. The molecule has 0 spiro atoms. The first kappa shape index (κ1) is 16.7. The average molecular weight is 320 g/mol. The zero-order chi connectivity index (χ0) is 16.3. The molecule has 2 heterocycles. The number of carbonyl (C=O) groups is 1. The van der Waals surface area contributed by atoms with Crippen LogP contribution in [0.2, 0.25) is 0 Å². The summed E-state index contributed by atoms with van der Waals surface area (Å²) in [6.07, 6.45) is 6.63. The number of aldehydes is 1. The van der Waals surface area contributed by atoms with Crippen LogP contribution in [0.4, 0.5) is 0 Å². The predicted molar refractivity (Wildman–Crippen MR) is 87.7 cm³/mol. The molecule has 0 bridgehead atoms. The van der Waals surface area contributed by atoms with Crippen molar-refractivity contribution in [3.8, 4) is 0 Å². The van der Waals surface area contributed by atoms with Gasteiger partial charge >= 0.3 is 0 Å². The summed E-state index contributed by atoms with van der Waals surface area (Å²) in [5.41, 5.74) is 3.22. The van der Waals surface area contributed by atoms with Crippen LogP contribution in [-0.2, 0) is 22.6 Å². The van der Waals surface area contributed by atoms with Crippen LogP contribution in [-0.4, -0.2) is 35.9 Å². The van der Waals surface area contributed by atoms with Gasteiger partial charge in [-0.1, -0.05) is 6.92 Å². The predicted octanol–water partition coefficient (Wildman–Crippen LogP) is 3.32. The third-order valence-corrected chi connectivity index (χ3v) is 5.74. The Morgan fingerprint density at radius 2 is 2.17 bits per heavy atom. The molecule has 0 saturated heterocycles. The third-order valence-electron chi connectivity index (χ3n) is 5.74. The highest BCUT2D eigenvalue weighted by molar-refractivity contribution is 5.75. The van der Waals surface area contributed by atoms with Crippen LogP contribution in [0.3, 0.4) is 0 Å². The molecule has 3 rings (SSSR count). The maximum absolute atomic E-state index is 11.5. The van der Waals surface area contributed by atoms with Crippen molar-refractivity contribution in [3.63, 3.8) is 0 Å². The lowest BCUT2D eigenvalue weighted by molar-refractivity contribution is 0.0189. The first-order valence-electron chi connectivity index (χ1n) is 8.93. The fourth-order valence-corrected chi connectivity index (χ4v) is 4.16. The normalized spacial score (nSPS) is 27.7. The van der Waals surface area contributed by atoms with Gasteiger partial charge in [0, 0.05) is 12.2 Å². The van der Waals surface area contributed by atoms with Gasteiger partial charge < -0.3 is 9.47 Å². The number of hydrogen-bond donors (Lipinski definition) is 0. The van der Waals surface area contributed by atoms with E-state index in [1.165, 1.54) is 0 Å². The Kier molecular flexibility index (Phi) is 5.17. The van der Waals surface area contributed by atoms with E-state index in [0.717, 1.165) is 69.4 Å². The van der Waals surface area contributed by atoms with Gasteiger partial charge in [0.25, 0.3) is 0 Å². The van der Waals surface area contributed by atoms with E-state index in [4.69, 9.17) is 9.47 Å². The minimum absolute atomic E-state index is 0.317. The number of fused-ring (bicyclic) bond motifs is 1. The van der Waals surface area contributed by atoms with Crippen LogP contribution >= 0.6 is 0 Å². The Morgan fingerprint density at radius 3 is 2.83 bits per heavy atom. The van der Waals surface area contributed by atoms with Gasteiger partial charge in [0.15, 0.2) is 6.29 Å². The highest BCUT2D eigenvalue weighted by Crippen LogP contribution is 2.46. The van der Waals surface area contributed by atoms with Crippen molar-refractivity contribution >= 4 is 6.29 Å². The molecule has 1 fully saturated rings. The zero-order valence-electron chi connectivity index (χ0n) is 14.3. The Balaban J connectivity index is 1.77. The van der Waals surface area contributed by atoms with Crippen molar-refractivity contribution in [3.05, 3.63) is 17.0 Å². The van der Waals surface area contributed by atoms with Crippen LogP contribution in [0.15, 0.2) is 0 Å². The molecule has 0 atom stereocenters. The first-order valence-corrected chi connectivity index (χ1v) is 8.93. The summed E-state index contributed by atoms with van der Waals surface area (Å²) in [5, 5.41) is 4.49. The lowest BCUT2D eigenvalue weighted by atomic mass is 9.67. The molecule has 0 amide bonds. The lowest BCUT2D eigenvalue weighted by Crippen LogP contribution is -2.31. The number of hydrogen-bond acceptors (Lipinski definition) is 4. The summed E-state index contributed by atoms with van der Waals surface area (Å²) in [5.74, 6) is 0.432. The van der Waals surface area contributed by atoms with Gasteiger partial charge in [-0.15, -0.1) is 0 Å². The van der Waals surface area contributed by atoms with Gasteiger partial charge in [0.1, 0.15) is 5.69 Å². The highest BCUT2D eigenvalue weighted by Gasteiger charge is 2.37. The summed E-state index contributed by atoms with van der Waals surface area (Å²) in [6, 6.07) is 0. The molecule has 0 unspecified atom stereocenters. The molecule has 1 aliphatic heterocycles. The molecular formula is C18H28N2O3. The van der Waals surface area contributed by atoms with Crippen molar-refractivity contribution in [2.24, 2.45) is 5.41 Å². The van der Waals surface area contributed by atoms with Crippen LogP contribution in [0.25, 0.3) is 0 Å². The minimum Gasteiger partial charge on any atom is -0.381 e. The second-order valence-electron chi connectivity index (χ2n) is 6.90. The number of aromatic nitrogens is 2. The lowest BCUT2D eigenvalue weighted by Gasteiger charge is -2.39. The Labute approximate surface area is 138 Å². The van der Waals surface area contributed by atoms with Gasteiger partial charge in [-0.05, 0) is 50.4 Å². The van der Waals surface area contributed by atoms with E-state index >= 15 is 0 Å². The number of nitrogens with zero attached hydrogens (tertiary/aromatic N) is 2. The Morgan fingerprint density at radius 1 is 1.39 bits per heavy atom.